The van der Waals surface area contributed by atoms with Crippen LogP contribution >= 0.6 is 71.5 Å². The lowest BCUT2D eigenvalue weighted by Gasteiger charge is -1.92. The van der Waals surface area contributed by atoms with Crippen LogP contribution in [0.2, 0.25) is 0 Å². The summed E-state index contributed by atoms with van der Waals surface area (Å²) in [5, 5.41) is 3.28. The zero-order valence-electron chi connectivity index (χ0n) is 8.49. The molecule has 0 radical (unpaired) electrons. The van der Waals surface area contributed by atoms with Crippen LogP contribution in [0.5, 0.6) is 0 Å². The predicted molar refractivity (Wildman–Crippen MR) is 85.5 cm³/mol. The molecule has 0 unspecified atom stereocenters. The van der Waals surface area contributed by atoms with E-state index in [-0.39, 0.29) is 22.9 Å². The van der Waals surface area contributed by atoms with Crippen LogP contribution in [0.4, 0.5) is 5.13 Å². The Kier molecular flexibility index (Phi) is 5.78. The van der Waals surface area contributed by atoms with Gasteiger partial charge in [-0.15, -0.1) is 28.3 Å². The van der Waals surface area contributed by atoms with Crippen molar-refractivity contribution in [3.8, 4) is 10.6 Å². The number of thiazole rings is 1. The second-order valence-corrected chi connectivity index (χ2v) is 7.71. The van der Waals surface area contributed by atoms with E-state index in [2.05, 4.69) is 42.2 Å². The third-order valence-corrected chi connectivity index (χ3v) is 4.93. The van der Waals surface area contributed by atoms with Crippen LogP contribution in [0.3, 0.4) is 0 Å². The van der Waals surface area contributed by atoms with E-state index >= 15 is 0 Å². The molecule has 0 saturated carbocycles. The Bertz CT molecular complexity index is 538. The van der Waals surface area contributed by atoms with Crippen molar-refractivity contribution in [2.45, 2.75) is 6.92 Å². The van der Waals surface area contributed by atoms with Gasteiger partial charge in [0, 0.05) is 6.92 Å². The monoisotopic (exact) mass is 460 g/mol. The van der Waals surface area contributed by atoms with Gasteiger partial charge >= 0.3 is 0 Å². The summed E-state index contributed by atoms with van der Waals surface area (Å²) in [6.07, 6.45) is 0. The minimum absolute atomic E-state index is 0. The summed E-state index contributed by atoms with van der Waals surface area (Å²) in [5.41, 5.74) is 0.865. The molecule has 2 heterocycles. The van der Waals surface area contributed by atoms with Crippen LogP contribution < -0.4 is 5.32 Å². The fourth-order valence-corrected chi connectivity index (χ4v) is 4.19. The number of anilines is 1. The summed E-state index contributed by atoms with van der Waals surface area (Å²) in [6.45, 7) is 1.47. The third kappa shape index (κ3) is 3.85. The van der Waals surface area contributed by atoms with Crippen molar-refractivity contribution in [3.63, 3.8) is 0 Å². The Morgan fingerprint density at radius 3 is 2.59 bits per heavy atom. The highest BCUT2D eigenvalue weighted by Crippen LogP contribution is 2.39. The highest BCUT2D eigenvalue weighted by Gasteiger charge is 2.13. The Hall–Kier alpha value is 0.240. The molecular formula is C9H7Br3N2OS2. The quantitative estimate of drug-likeness (QED) is 0.687. The Balaban J connectivity index is 0.00000144. The molecule has 0 fully saturated rings. The van der Waals surface area contributed by atoms with E-state index in [1.54, 1.807) is 11.3 Å². The topological polar surface area (TPSA) is 42.0 Å². The summed E-state index contributed by atoms with van der Waals surface area (Å²) in [6, 6.07) is 3.97. The lowest BCUT2D eigenvalue weighted by Crippen LogP contribution is -2.04. The Morgan fingerprint density at radius 2 is 2.06 bits per heavy atom. The maximum absolute atomic E-state index is 10.9. The van der Waals surface area contributed by atoms with E-state index in [1.807, 2.05) is 12.1 Å². The molecule has 1 N–H and O–H groups in total. The van der Waals surface area contributed by atoms with E-state index in [1.165, 1.54) is 18.3 Å². The van der Waals surface area contributed by atoms with Gasteiger partial charge in [0.2, 0.25) is 5.91 Å². The lowest BCUT2D eigenvalue weighted by atomic mass is 10.4. The molecule has 0 saturated heterocycles. The number of hydrogen-bond donors (Lipinski definition) is 1. The van der Waals surface area contributed by atoms with Gasteiger partial charge in [-0.3, -0.25) is 4.79 Å². The maximum atomic E-state index is 10.9. The van der Waals surface area contributed by atoms with Gasteiger partial charge in [-0.2, -0.15) is 0 Å². The van der Waals surface area contributed by atoms with Crippen LogP contribution in [0.25, 0.3) is 10.6 Å². The summed E-state index contributed by atoms with van der Waals surface area (Å²) >= 11 is 9.88. The summed E-state index contributed by atoms with van der Waals surface area (Å²) < 4.78 is 1.98. The highest BCUT2D eigenvalue weighted by molar-refractivity contribution is 9.11. The number of nitrogens with zero attached hydrogens (tertiary/aromatic N) is 1. The van der Waals surface area contributed by atoms with E-state index in [0.29, 0.717) is 5.13 Å². The predicted octanol–water partition coefficient (Wildman–Crippen LogP) is 4.93. The van der Waals surface area contributed by atoms with E-state index in [9.17, 15) is 4.79 Å². The second-order valence-electron chi connectivity index (χ2n) is 2.93. The molecule has 3 nitrogen and oxygen atoms in total. The second kappa shape index (κ2) is 6.42. The fourth-order valence-electron chi connectivity index (χ4n) is 1.10. The molecule has 0 aromatic carbocycles. The zero-order chi connectivity index (χ0) is 11.7. The number of thiophene rings is 1. The zero-order valence-corrected chi connectivity index (χ0v) is 15.0. The molecule has 2 rings (SSSR count). The van der Waals surface area contributed by atoms with Gasteiger partial charge in [0.25, 0.3) is 0 Å². The number of carbonyl (C=O) groups excluding carboxylic acids is 1. The molecule has 0 aliphatic rings. The average molecular weight is 463 g/mol. The van der Waals surface area contributed by atoms with Crippen LogP contribution in [0, 0.1) is 0 Å². The maximum Gasteiger partial charge on any atom is 0.223 e. The first-order chi connectivity index (χ1) is 7.56. The number of aromatic nitrogens is 1. The minimum atomic E-state index is -0.111. The SMILES string of the molecule is Br.CC(=O)Nc1nc(-c2ccc(Br)s2)c(Br)s1. The molecular weight excluding hydrogens is 456 g/mol. The first kappa shape index (κ1) is 15.3. The van der Waals surface area contributed by atoms with Crippen LogP contribution in [0.15, 0.2) is 19.7 Å². The lowest BCUT2D eigenvalue weighted by molar-refractivity contribution is -0.114. The Labute approximate surface area is 134 Å². The minimum Gasteiger partial charge on any atom is -0.302 e. The van der Waals surface area contributed by atoms with Gasteiger partial charge in [0.1, 0.15) is 9.48 Å². The Morgan fingerprint density at radius 1 is 1.35 bits per heavy atom. The molecule has 8 heteroatoms. The molecule has 2 aromatic rings. The van der Waals surface area contributed by atoms with E-state index in [0.717, 1.165) is 18.1 Å². The van der Waals surface area contributed by atoms with Crippen molar-refractivity contribution < 1.29 is 4.79 Å². The first-order valence-electron chi connectivity index (χ1n) is 4.26. The largest absolute Gasteiger partial charge is 0.302 e. The molecule has 0 aliphatic carbocycles. The van der Waals surface area contributed by atoms with E-state index in [4.69, 9.17) is 0 Å². The van der Waals surface area contributed by atoms with Crippen molar-refractivity contribution in [1.82, 2.24) is 4.98 Å². The van der Waals surface area contributed by atoms with Crippen molar-refractivity contribution in [2.75, 3.05) is 5.32 Å². The van der Waals surface area contributed by atoms with Gasteiger partial charge in [-0.05, 0) is 44.0 Å². The molecule has 2 aromatic heterocycles. The molecule has 0 spiro atoms. The normalized spacial score (nSPS) is 9.82. The van der Waals surface area contributed by atoms with Crippen LogP contribution in [-0.4, -0.2) is 10.9 Å². The van der Waals surface area contributed by atoms with Crippen molar-refractivity contribution >= 4 is 82.6 Å². The van der Waals surface area contributed by atoms with Crippen molar-refractivity contribution in [1.29, 1.82) is 0 Å². The molecule has 0 bridgehead atoms. The number of nitrogens with one attached hydrogen (secondary N) is 1. The number of hydrogen-bond acceptors (Lipinski definition) is 4. The third-order valence-electron chi connectivity index (χ3n) is 1.68. The number of amides is 1. The summed E-state index contributed by atoms with van der Waals surface area (Å²) in [7, 11) is 0. The van der Waals surface area contributed by atoms with Gasteiger partial charge in [0.15, 0.2) is 5.13 Å². The molecule has 0 aliphatic heterocycles. The highest BCUT2D eigenvalue weighted by atomic mass is 79.9. The standard InChI is InChI=1S/C9H6Br2N2OS2.BrH/c1-4(14)12-9-13-7(8(11)16-9)5-2-3-6(10)15-5;/h2-3H,1H3,(H,12,13,14);1H. The van der Waals surface area contributed by atoms with Crippen molar-refractivity contribution in [2.24, 2.45) is 0 Å². The number of carbonyl (C=O) groups is 1. The molecule has 1 amide bonds. The van der Waals surface area contributed by atoms with Gasteiger partial charge < -0.3 is 5.32 Å². The molecule has 0 atom stereocenters. The van der Waals surface area contributed by atoms with Crippen molar-refractivity contribution in [3.05, 3.63) is 19.7 Å². The summed E-state index contributed by atoms with van der Waals surface area (Å²) in [5.74, 6) is -0.111. The number of halogens is 3. The van der Waals surface area contributed by atoms with E-state index < -0.39 is 0 Å². The summed E-state index contributed by atoms with van der Waals surface area (Å²) in [4.78, 5) is 16.3. The first-order valence-corrected chi connectivity index (χ1v) is 7.48. The number of rotatable bonds is 2. The smallest absolute Gasteiger partial charge is 0.223 e. The van der Waals surface area contributed by atoms with Crippen LogP contribution in [-0.2, 0) is 4.79 Å². The fraction of sp³-hybridized carbons (Fsp3) is 0.111. The molecule has 17 heavy (non-hydrogen) atoms. The van der Waals surface area contributed by atoms with Gasteiger partial charge in [-0.25, -0.2) is 4.98 Å². The van der Waals surface area contributed by atoms with Gasteiger partial charge in [-0.1, -0.05) is 11.3 Å². The molecule has 92 valence electrons. The average Bonchev–Trinajstić information content (AvgIpc) is 2.72. The van der Waals surface area contributed by atoms with Gasteiger partial charge in [0.05, 0.1) is 8.66 Å². The van der Waals surface area contributed by atoms with Crippen LogP contribution in [0.1, 0.15) is 6.92 Å².